The zero-order valence-corrected chi connectivity index (χ0v) is 24.0. The van der Waals surface area contributed by atoms with Crippen LogP contribution in [0.25, 0.3) is 22.0 Å². The minimum absolute atomic E-state index is 0.191. The molecule has 0 spiro atoms. The summed E-state index contributed by atoms with van der Waals surface area (Å²) < 4.78 is 19.6. The number of carbonyl (C=O) groups is 1. The second-order valence-corrected chi connectivity index (χ2v) is 10.6. The Morgan fingerprint density at radius 1 is 1.20 bits per heavy atom. The first kappa shape index (κ1) is 29.6. The van der Waals surface area contributed by atoms with Gasteiger partial charge in [0, 0.05) is 37.1 Å². The summed E-state index contributed by atoms with van der Waals surface area (Å²) in [7, 11) is 0. The van der Waals surface area contributed by atoms with Gasteiger partial charge in [-0.15, -0.1) is 0 Å². The Balaban J connectivity index is 1.92. The molecule has 0 aliphatic carbocycles. The summed E-state index contributed by atoms with van der Waals surface area (Å²) in [5, 5.41) is 3.49. The summed E-state index contributed by atoms with van der Waals surface area (Å²) in [6.45, 7) is 10.4. The van der Waals surface area contributed by atoms with Crippen LogP contribution >= 0.6 is 0 Å². The number of allylic oxidation sites excluding steroid dienone is 4. The number of aromatic nitrogens is 2. The molecule has 1 aliphatic rings. The van der Waals surface area contributed by atoms with Crippen molar-refractivity contribution in [3.8, 4) is 0 Å². The number of carbonyl (C=O) groups excluding carboxylic acids is 1. The number of aliphatic imine (C=N–C) groups is 1. The Hall–Kier alpha value is -4.37. The number of anilines is 1. The van der Waals surface area contributed by atoms with E-state index in [1.807, 2.05) is 38.1 Å². The van der Waals surface area contributed by atoms with Crippen LogP contribution in [0.2, 0.25) is 0 Å². The summed E-state index contributed by atoms with van der Waals surface area (Å²) in [5.41, 5.74) is 11.1. The highest BCUT2D eigenvalue weighted by atomic mass is 19.1. The lowest BCUT2D eigenvalue weighted by Gasteiger charge is -2.37. The third-order valence-electron chi connectivity index (χ3n) is 6.55. The number of amides is 1. The fourth-order valence-electron chi connectivity index (χ4n) is 4.64. The van der Waals surface area contributed by atoms with Gasteiger partial charge in [-0.25, -0.2) is 14.4 Å². The molecule has 1 unspecified atom stereocenters. The summed E-state index contributed by atoms with van der Waals surface area (Å²) in [6, 6.07) is 12.2. The third-order valence-corrected chi connectivity index (χ3v) is 6.55. The molecule has 3 aromatic rings. The predicted molar refractivity (Wildman–Crippen MR) is 164 cm³/mol. The Bertz CT molecular complexity index is 1490. The molecule has 4 rings (SSSR count). The van der Waals surface area contributed by atoms with E-state index in [0.717, 1.165) is 33.2 Å². The number of nitrogens with two attached hydrogens (primary N) is 1. The van der Waals surface area contributed by atoms with Crippen LogP contribution in [0.4, 0.5) is 10.2 Å². The van der Waals surface area contributed by atoms with Crippen LogP contribution in [-0.4, -0.2) is 48.9 Å². The molecular weight excluding hydrogens is 519 g/mol. The molecule has 9 heteroatoms. The Labute approximate surface area is 240 Å². The van der Waals surface area contributed by atoms with Crippen molar-refractivity contribution in [3.05, 3.63) is 89.3 Å². The first-order valence-electron chi connectivity index (χ1n) is 13.7. The fourth-order valence-corrected chi connectivity index (χ4v) is 4.64. The second kappa shape index (κ2) is 13.8. The summed E-state index contributed by atoms with van der Waals surface area (Å²) in [4.78, 5) is 27.7. The molecular formula is C32H37FN6O2. The van der Waals surface area contributed by atoms with Crippen LogP contribution in [-0.2, 0) is 9.53 Å². The molecule has 1 amide bonds. The molecule has 2 aromatic carbocycles. The zero-order valence-electron chi connectivity index (χ0n) is 24.0. The lowest BCUT2D eigenvalue weighted by molar-refractivity contribution is -0.108. The van der Waals surface area contributed by atoms with E-state index < -0.39 is 0 Å². The molecule has 1 saturated heterocycles. The molecule has 1 aliphatic heterocycles. The number of nitrogens with one attached hydrogen (secondary N) is 1. The molecule has 41 heavy (non-hydrogen) atoms. The standard InChI is InChI=1S/C32H37FN6O2/c1-21(2)13-25(17-36-20-40)24-7-10-29-28(14-24)32(38-31(37-29)26(15-34)18-35-16-22(3)4)39-11-12-41-19-30(39)23-5-8-27(33)9-6-23/h5-10,13-15,17-18,20,22,30H,11-12,16,19,34H2,1-4H3,(H,36,40)/b25-17+,26-15+,35-18?. The van der Waals surface area contributed by atoms with Gasteiger partial charge in [0.2, 0.25) is 6.41 Å². The SMILES string of the molecule is CC(C)=C/C(=C\NC=O)c1ccc2nc(/C(C=NCC(C)C)=C/N)nc(N3CCOCC3c3ccc(F)cc3)c2c1. The molecule has 0 radical (unpaired) electrons. The molecule has 2 heterocycles. The largest absolute Gasteiger partial charge is 0.404 e. The van der Waals surface area contributed by atoms with Crippen molar-refractivity contribution in [1.82, 2.24) is 15.3 Å². The molecule has 1 atom stereocenters. The molecule has 3 N–H and O–H groups in total. The summed E-state index contributed by atoms with van der Waals surface area (Å²) in [6.07, 6.45) is 7.51. The number of benzene rings is 2. The fraction of sp³-hybridized carbons (Fsp3) is 0.312. The average molecular weight is 557 g/mol. The van der Waals surface area contributed by atoms with Crippen LogP contribution in [0, 0.1) is 11.7 Å². The van der Waals surface area contributed by atoms with Gasteiger partial charge in [0.15, 0.2) is 5.82 Å². The monoisotopic (exact) mass is 556 g/mol. The Morgan fingerprint density at radius 2 is 1.98 bits per heavy atom. The number of hydrogen-bond acceptors (Lipinski definition) is 7. The number of morpholine rings is 1. The molecule has 8 nitrogen and oxygen atoms in total. The van der Waals surface area contributed by atoms with Crippen molar-refractivity contribution in [3.63, 3.8) is 0 Å². The molecule has 0 saturated carbocycles. The molecule has 0 bridgehead atoms. The number of nitrogens with zero attached hydrogens (tertiary/aromatic N) is 4. The van der Waals surface area contributed by atoms with Gasteiger partial charge < -0.3 is 20.7 Å². The van der Waals surface area contributed by atoms with Crippen molar-refractivity contribution in [1.29, 1.82) is 0 Å². The van der Waals surface area contributed by atoms with Crippen molar-refractivity contribution in [2.75, 3.05) is 31.2 Å². The van der Waals surface area contributed by atoms with Crippen molar-refractivity contribution >= 4 is 40.5 Å². The third kappa shape index (κ3) is 7.43. The van der Waals surface area contributed by atoms with Gasteiger partial charge in [-0.2, -0.15) is 0 Å². The quantitative estimate of drug-likeness (QED) is 0.196. The predicted octanol–water partition coefficient (Wildman–Crippen LogP) is 5.43. The highest BCUT2D eigenvalue weighted by molar-refractivity contribution is 6.09. The maximum Gasteiger partial charge on any atom is 0.211 e. The van der Waals surface area contributed by atoms with Gasteiger partial charge in [-0.1, -0.05) is 43.7 Å². The highest BCUT2D eigenvalue weighted by Gasteiger charge is 2.28. The lowest BCUT2D eigenvalue weighted by atomic mass is 10.0. The van der Waals surface area contributed by atoms with Gasteiger partial charge in [0.1, 0.15) is 11.6 Å². The van der Waals surface area contributed by atoms with Crippen LogP contribution < -0.4 is 16.0 Å². The Kier molecular flexibility index (Phi) is 9.97. The van der Waals surface area contributed by atoms with E-state index in [-0.39, 0.29) is 11.9 Å². The van der Waals surface area contributed by atoms with E-state index in [9.17, 15) is 9.18 Å². The van der Waals surface area contributed by atoms with Gasteiger partial charge in [0.25, 0.3) is 0 Å². The van der Waals surface area contributed by atoms with E-state index in [1.54, 1.807) is 24.5 Å². The minimum atomic E-state index is -0.294. The number of halogens is 1. The van der Waals surface area contributed by atoms with E-state index >= 15 is 0 Å². The molecule has 214 valence electrons. The molecule has 1 aromatic heterocycles. The second-order valence-electron chi connectivity index (χ2n) is 10.6. The van der Waals surface area contributed by atoms with Gasteiger partial charge in [0.05, 0.1) is 30.3 Å². The topological polar surface area (TPSA) is 106 Å². The first-order valence-corrected chi connectivity index (χ1v) is 13.7. The van der Waals surface area contributed by atoms with Gasteiger partial charge in [-0.3, -0.25) is 9.79 Å². The average Bonchev–Trinajstić information content (AvgIpc) is 2.97. The number of fused-ring (bicyclic) bond motifs is 1. The van der Waals surface area contributed by atoms with E-state index in [1.165, 1.54) is 18.3 Å². The normalized spacial score (nSPS) is 16.4. The van der Waals surface area contributed by atoms with E-state index in [0.29, 0.717) is 55.8 Å². The number of ether oxygens (including phenoxy) is 1. The van der Waals surface area contributed by atoms with Gasteiger partial charge >= 0.3 is 0 Å². The van der Waals surface area contributed by atoms with E-state index in [4.69, 9.17) is 20.4 Å². The van der Waals surface area contributed by atoms with Gasteiger partial charge in [-0.05, 0) is 60.7 Å². The zero-order chi connectivity index (χ0) is 29.4. The first-order chi connectivity index (χ1) is 19.8. The van der Waals surface area contributed by atoms with E-state index in [2.05, 4.69) is 29.1 Å². The van der Waals surface area contributed by atoms with Crippen LogP contribution in [0.5, 0.6) is 0 Å². The summed E-state index contributed by atoms with van der Waals surface area (Å²) in [5.74, 6) is 1.28. The smallest absolute Gasteiger partial charge is 0.211 e. The summed E-state index contributed by atoms with van der Waals surface area (Å²) >= 11 is 0. The highest BCUT2D eigenvalue weighted by Crippen LogP contribution is 2.35. The lowest BCUT2D eigenvalue weighted by Crippen LogP contribution is -2.40. The van der Waals surface area contributed by atoms with Crippen molar-refractivity contribution in [2.24, 2.45) is 16.6 Å². The van der Waals surface area contributed by atoms with Crippen LogP contribution in [0.1, 0.15) is 50.7 Å². The maximum atomic E-state index is 13.8. The minimum Gasteiger partial charge on any atom is -0.404 e. The van der Waals surface area contributed by atoms with Crippen LogP contribution in [0.15, 0.2) is 71.5 Å². The van der Waals surface area contributed by atoms with Crippen molar-refractivity contribution in [2.45, 2.75) is 33.7 Å². The van der Waals surface area contributed by atoms with Crippen LogP contribution in [0.3, 0.4) is 0 Å². The number of hydrogen-bond donors (Lipinski definition) is 2. The Morgan fingerprint density at radius 3 is 2.66 bits per heavy atom. The molecule has 1 fully saturated rings. The number of rotatable bonds is 10. The van der Waals surface area contributed by atoms with Crippen molar-refractivity contribution < 1.29 is 13.9 Å². The maximum absolute atomic E-state index is 13.8.